The predicted molar refractivity (Wildman–Crippen MR) is 77.1 cm³/mol. The van der Waals surface area contributed by atoms with Crippen molar-refractivity contribution >= 4 is 0 Å². The van der Waals surface area contributed by atoms with E-state index in [0.717, 1.165) is 44.1 Å². The van der Waals surface area contributed by atoms with Gasteiger partial charge in [-0.15, -0.1) is 0 Å². The molecule has 3 rings (SSSR count). The van der Waals surface area contributed by atoms with Crippen molar-refractivity contribution in [3.8, 4) is 0 Å². The fourth-order valence-corrected chi connectivity index (χ4v) is 2.87. The van der Waals surface area contributed by atoms with Gasteiger partial charge in [-0.25, -0.2) is 8.78 Å². The van der Waals surface area contributed by atoms with E-state index in [9.17, 15) is 8.78 Å². The number of halogens is 2. The standard InChI is InChI=1S/C16H19F2N3/c1-2-3-15-13-9-19-7-6-16(13)21(20-15)10-11-4-5-12(17)8-14(11)18/h4-5,8,19H,2-3,6-7,9-10H2,1H3. The molecule has 0 fully saturated rings. The third-order valence-electron chi connectivity index (χ3n) is 3.91. The van der Waals surface area contributed by atoms with E-state index >= 15 is 0 Å². The van der Waals surface area contributed by atoms with E-state index in [1.165, 1.54) is 23.4 Å². The van der Waals surface area contributed by atoms with Gasteiger partial charge in [0.2, 0.25) is 0 Å². The number of nitrogens with one attached hydrogen (secondary N) is 1. The summed E-state index contributed by atoms with van der Waals surface area (Å²) in [4.78, 5) is 0. The minimum absolute atomic E-state index is 0.359. The Balaban J connectivity index is 1.94. The van der Waals surface area contributed by atoms with Gasteiger partial charge >= 0.3 is 0 Å². The molecule has 0 saturated heterocycles. The first kappa shape index (κ1) is 14.2. The van der Waals surface area contributed by atoms with Gasteiger partial charge in [0.25, 0.3) is 0 Å². The van der Waals surface area contributed by atoms with Gasteiger partial charge < -0.3 is 5.32 Å². The van der Waals surface area contributed by atoms with Gasteiger partial charge in [0.1, 0.15) is 11.6 Å². The molecule has 3 nitrogen and oxygen atoms in total. The summed E-state index contributed by atoms with van der Waals surface area (Å²) in [7, 11) is 0. The molecule has 0 amide bonds. The second kappa shape index (κ2) is 5.93. The van der Waals surface area contributed by atoms with Crippen molar-refractivity contribution in [2.45, 2.75) is 39.3 Å². The lowest BCUT2D eigenvalue weighted by Gasteiger charge is -2.16. The van der Waals surface area contributed by atoms with Crippen LogP contribution in [0.15, 0.2) is 18.2 Å². The number of fused-ring (bicyclic) bond motifs is 1. The molecule has 112 valence electrons. The summed E-state index contributed by atoms with van der Waals surface area (Å²) >= 11 is 0. The number of hydrogen-bond acceptors (Lipinski definition) is 2. The number of hydrogen-bond donors (Lipinski definition) is 1. The molecule has 1 aromatic heterocycles. The Hall–Kier alpha value is -1.75. The van der Waals surface area contributed by atoms with Crippen molar-refractivity contribution in [1.29, 1.82) is 0 Å². The van der Waals surface area contributed by atoms with Gasteiger partial charge in [-0.1, -0.05) is 19.4 Å². The second-order valence-corrected chi connectivity index (χ2v) is 5.44. The predicted octanol–water partition coefficient (Wildman–Crippen LogP) is 2.81. The first-order chi connectivity index (χ1) is 10.2. The van der Waals surface area contributed by atoms with Gasteiger partial charge in [-0.2, -0.15) is 5.10 Å². The lowest BCUT2D eigenvalue weighted by atomic mass is 10.0. The van der Waals surface area contributed by atoms with Gasteiger partial charge in [0, 0.05) is 42.4 Å². The van der Waals surface area contributed by atoms with Crippen molar-refractivity contribution in [2.75, 3.05) is 6.54 Å². The highest BCUT2D eigenvalue weighted by atomic mass is 19.1. The van der Waals surface area contributed by atoms with Crippen LogP contribution in [0.25, 0.3) is 0 Å². The maximum absolute atomic E-state index is 13.8. The van der Waals surface area contributed by atoms with Gasteiger partial charge in [-0.05, 0) is 12.5 Å². The van der Waals surface area contributed by atoms with Crippen LogP contribution in [0, 0.1) is 11.6 Å². The van der Waals surface area contributed by atoms with Gasteiger partial charge in [-0.3, -0.25) is 4.68 Å². The molecule has 1 aromatic carbocycles. The Kier molecular flexibility index (Phi) is 4.01. The Bertz CT molecular complexity index is 649. The first-order valence-electron chi connectivity index (χ1n) is 7.41. The fraction of sp³-hybridized carbons (Fsp3) is 0.438. The Morgan fingerprint density at radius 3 is 2.95 bits per heavy atom. The molecule has 2 heterocycles. The quantitative estimate of drug-likeness (QED) is 0.939. The SMILES string of the molecule is CCCc1nn(Cc2ccc(F)cc2F)c2c1CNCC2. The minimum Gasteiger partial charge on any atom is -0.312 e. The number of nitrogens with zero attached hydrogens (tertiary/aromatic N) is 2. The average molecular weight is 291 g/mol. The fourth-order valence-electron chi connectivity index (χ4n) is 2.87. The summed E-state index contributed by atoms with van der Waals surface area (Å²) in [5.74, 6) is -1.06. The van der Waals surface area contributed by atoms with E-state index in [-0.39, 0.29) is 0 Å². The van der Waals surface area contributed by atoms with Crippen molar-refractivity contribution < 1.29 is 8.78 Å². The maximum Gasteiger partial charge on any atom is 0.131 e. The summed E-state index contributed by atoms with van der Waals surface area (Å²) in [6, 6.07) is 3.72. The van der Waals surface area contributed by atoms with Crippen LogP contribution in [0.3, 0.4) is 0 Å². The summed E-state index contributed by atoms with van der Waals surface area (Å²) in [5.41, 5.74) is 4.01. The van der Waals surface area contributed by atoms with Crippen LogP contribution in [-0.4, -0.2) is 16.3 Å². The summed E-state index contributed by atoms with van der Waals surface area (Å²) in [6.07, 6.45) is 2.87. The van der Waals surface area contributed by atoms with Crippen molar-refractivity contribution in [3.05, 3.63) is 52.3 Å². The van der Waals surface area contributed by atoms with Crippen LogP contribution >= 0.6 is 0 Å². The molecule has 1 aliphatic heterocycles. The van der Waals surface area contributed by atoms with E-state index in [1.54, 1.807) is 0 Å². The van der Waals surface area contributed by atoms with E-state index in [0.29, 0.717) is 12.1 Å². The third-order valence-corrected chi connectivity index (χ3v) is 3.91. The van der Waals surface area contributed by atoms with E-state index in [2.05, 4.69) is 17.3 Å². The number of aromatic nitrogens is 2. The third kappa shape index (κ3) is 2.83. The van der Waals surface area contributed by atoms with Crippen LogP contribution in [0.5, 0.6) is 0 Å². The van der Waals surface area contributed by atoms with Crippen molar-refractivity contribution in [3.63, 3.8) is 0 Å². The molecule has 5 heteroatoms. The summed E-state index contributed by atoms with van der Waals surface area (Å²) in [5, 5.41) is 8.02. The molecule has 0 saturated carbocycles. The van der Waals surface area contributed by atoms with E-state index < -0.39 is 11.6 Å². The highest BCUT2D eigenvalue weighted by Crippen LogP contribution is 2.21. The molecule has 0 spiro atoms. The van der Waals surface area contributed by atoms with Gasteiger partial charge in [0.15, 0.2) is 0 Å². The van der Waals surface area contributed by atoms with Crippen LogP contribution in [0.2, 0.25) is 0 Å². The van der Waals surface area contributed by atoms with Crippen molar-refractivity contribution in [2.24, 2.45) is 0 Å². The normalized spacial score (nSPS) is 14.2. The second-order valence-electron chi connectivity index (χ2n) is 5.44. The Morgan fingerprint density at radius 1 is 1.33 bits per heavy atom. The lowest BCUT2D eigenvalue weighted by molar-refractivity contribution is 0.543. The molecule has 0 bridgehead atoms. The molecule has 2 aromatic rings. The first-order valence-corrected chi connectivity index (χ1v) is 7.41. The highest BCUT2D eigenvalue weighted by molar-refractivity contribution is 5.30. The van der Waals surface area contributed by atoms with E-state index in [4.69, 9.17) is 0 Å². The molecular weight excluding hydrogens is 272 g/mol. The van der Waals surface area contributed by atoms with Gasteiger partial charge in [0.05, 0.1) is 12.2 Å². The zero-order valence-corrected chi connectivity index (χ0v) is 12.1. The molecule has 0 aliphatic carbocycles. The number of benzene rings is 1. The maximum atomic E-state index is 13.8. The Morgan fingerprint density at radius 2 is 2.19 bits per heavy atom. The molecule has 0 atom stereocenters. The Labute approximate surface area is 123 Å². The lowest BCUT2D eigenvalue weighted by Crippen LogP contribution is -2.25. The molecular formula is C16H19F2N3. The zero-order valence-electron chi connectivity index (χ0n) is 12.1. The number of aryl methyl sites for hydroxylation is 1. The van der Waals surface area contributed by atoms with Crippen molar-refractivity contribution in [1.82, 2.24) is 15.1 Å². The summed E-state index contributed by atoms with van der Waals surface area (Å²) in [6.45, 7) is 4.23. The topological polar surface area (TPSA) is 29.9 Å². The smallest absolute Gasteiger partial charge is 0.131 e. The van der Waals surface area contributed by atoms with E-state index in [1.807, 2.05) is 4.68 Å². The number of rotatable bonds is 4. The highest BCUT2D eigenvalue weighted by Gasteiger charge is 2.20. The molecule has 0 unspecified atom stereocenters. The molecule has 1 N–H and O–H groups in total. The van der Waals surface area contributed by atoms with Crippen LogP contribution in [-0.2, 0) is 25.9 Å². The monoisotopic (exact) mass is 291 g/mol. The van der Waals surface area contributed by atoms with Crippen LogP contribution in [0.4, 0.5) is 8.78 Å². The minimum atomic E-state index is -0.547. The zero-order chi connectivity index (χ0) is 14.8. The van der Waals surface area contributed by atoms with Crippen LogP contribution in [0.1, 0.15) is 35.9 Å². The molecule has 0 radical (unpaired) electrons. The molecule has 21 heavy (non-hydrogen) atoms. The largest absolute Gasteiger partial charge is 0.312 e. The van der Waals surface area contributed by atoms with Crippen LogP contribution < -0.4 is 5.32 Å². The summed E-state index contributed by atoms with van der Waals surface area (Å²) < 4.78 is 28.7. The molecule has 1 aliphatic rings. The average Bonchev–Trinajstić information content (AvgIpc) is 2.81.